The Morgan fingerprint density at radius 3 is 0.882 bits per heavy atom. The van der Waals surface area contributed by atoms with Crippen molar-refractivity contribution in [1.82, 2.24) is 0 Å². The molecule has 206 valence electrons. The van der Waals surface area contributed by atoms with Gasteiger partial charge in [-0.25, -0.2) is 0 Å². The minimum atomic E-state index is 0.149. The van der Waals surface area contributed by atoms with Crippen molar-refractivity contribution in [1.29, 1.82) is 0 Å². The molecule has 0 N–H and O–H groups in total. The Kier molecular flexibility index (Phi) is 42.4. The van der Waals surface area contributed by atoms with E-state index in [1.165, 1.54) is 166 Å². The number of hydrogen-bond donors (Lipinski definition) is 0. The fourth-order valence-corrected chi connectivity index (χ4v) is 9.39. The van der Waals surface area contributed by atoms with Crippen LogP contribution in [-0.4, -0.2) is 32.6 Å². The summed E-state index contributed by atoms with van der Waals surface area (Å²) in [4.78, 5) is 0. The number of thioether (sulfide) groups is 1. The Balaban J connectivity index is 0. The summed E-state index contributed by atoms with van der Waals surface area (Å²) in [5.74, 6) is 2.82. The summed E-state index contributed by atoms with van der Waals surface area (Å²) in [6.45, 7) is 9.18. The van der Waals surface area contributed by atoms with Gasteiger partial charge in [-0.1, -0.05) is 129 Å². The zero-order valence-corrected chi connectivity index (χ0v) is 28.4. The summed E-state index contributed by atoms with van der Waals surface area (Å²) < 4.78 is 3.25. The van der Waals surface area contributed by atoms with Crippen molar-refractivity contribution in [3.05, 3.63) is 0 Å². The predicted molar refractivity (Wildman–Crippen MR) is 166 cm³/mol. The van der Waals surface area contributed by atoms with Crippen LogP contribution in [0.1, 0.15) is 182 Å². The van der Waals surface area contributed by atoms with Crippen LogP contribution in [0.5, 0.6) is 0 Å². The SMILES string of the molecule is CCCCCCCCCCCCSCCCCCCCCCCCC.CCC[CH2][Sn][CH2]CCC. The van der Waals surface area contributed by atoms with Crippen molar-refractivity contribution in [3.8, 4) is 0 Å². The van der Waals surface area contributed by atoms with E-state index < -0.39 is 0 Å². The minimum absolute atomic E-state index is 0.149. The van der Waals surface area contributed by atoms with Crippen molar-refractivity contribution in [2.45, 2.75) is 191 Å². The Morgan fingerprint density at radius 2 is 0.588 bits per heavy atom. The third kappa shape index (κ3) is 40.3. The molecule has 0 aliphatic carbocycles. The van der Waals surface area contributed by atoms with E-state index in [9.17, 15) is 0 Å². The van der Waals surface area contributed by atoms with E-state index >= 15 is 0 Å². The first-order chi connectivity index (χ1) is 16.8. The van der Waals surface area contributed by atoms with Crippen LogP contribution in [0.4, 0.5) is 0 Å². The van der Waals surface area contributed by atoms with Gasteiger partial charge in [0.1, 0.15) is 0 Å². The molecule has 0 nitrogen and oxygen atoms in total. The quantitative estimate of drug-likeness (QED) is 0.0633. The van der Waals surface area contributed by atoms with Crippen molar-refractivity contribution in [2.75, 3.05) is 11.5 Å². The normalized spacial score (nSPS) is 10.9. The molecule has 0 aliphatic rings. The van der Waals surface area contributed by atoms with Gasteiger partial charge >= 0.3 is 69.5 Å². The molecule has 0 aliphatic heterocycles. The Bertz CT molecular complexity index is 279. The molecule has 0 spiro atoms. The maximum atomic E-state index is 2.30. The second-order valence-corrected chi connectivity index (χ2v) is 15.9. The van der Waals surface area contributed by atoms with Gasteiger partial charge < -0.3 is 0 Å². The zero-order chi connectivity index (χ0) is 25.2. The average molecular weight is 604 g/mol. The van der Waals surface area contributed by atoms with Crippen LogP contribution in [0.2, 0.25) is 8.87 Å². The fourth-order valence-electron chi connectivity index (χ4n) is 4.21. The van der Waals surface area contributed by atoms with Gasteiger partial charge in [0.15, 0.2) is 0 Å². The first-order valence-electron chi connectivity index (χ1n) is 16.1. The molecular formula is C32H68SSn. The van der Waals surface area contributed by atoms with E-state index in [0.29, 0.717) is 0 Å². The second-order valence-electron chi connectivity index (χ2n) is 10.4. The van der Waals surface area contributed by atoms with Gasteiger partial charge in [-0.2, -0.15) is 11.8 Å². The van der Waals surface area contributed by atoms with Crippen molar-refractivity contribution in [3.63, 3.8) is 0 Å². The van der Waals surface area contributed by atoms with Gasteiger partial charge in [0.05, 0.1) is 0 Å². The Labute approximate surface area is 234 Å². The third-order valence-electron chi connectivity index (χ3n) is 6.70. The van der Waals surface area contributed by atoms with E-state index in [-0.39, 0.29) is 21.1 Å². The van der Waals surface area contributed by atoms with Crippen LogP contribution in [0.25, 0.3) is 0 Å². The summed E-state index contributed by atoms with van der Waals surface area (Å²) in [7, 11) is 0. The molecule has 0 aromatic rings. The van der Waals surface area contributed by atoms with Crippen LogP contribution in [0.3, 0.4) is 0 Å². The molecular weight excluding hydrogens is 535 g/mol. The molecule has 0 unspecified atom stereocenters. The van der Waals surface area contributed by atoms with E-state index in [2.05, 4.69) is 39.5 Å². The Morgan fingerprint density at radius 1 is 0.324 bits per heavy atom. The molecule has 0 fully saturated rings. The topological polar surface area (TPSA) is 0 Å². The summed E-state index contributed by atoms with van der Waals surface area (Å²) in [5.41, 5.74) is 0. The zero-order valence-electron chi connectivity index (χ0n) is 24.7. The molecule has 0 aromatic heterocycles. The van der Waals surface area contributed by atoms with Gasteiger partial charge in [-0.3, -0.25) is 0 Å². The van der Waals surface area contributed by atoms with Crippen molar-refractivity contribution >= 4 is 32.9 Å². The molecule has 2 radical (unpaired) electrons. The summed E-state index contributed by atoms with van der Waals surface area (Å²) in [6, 6.07) is 0. The monoisotopic (exact) mass is 604 g/mol. The maximum absolute atomic E-state index is 2.30. The number of unbranched alkanes of at least 4 members (excludes halogenated alkanes) is 20. The van der Waals surface area contributed by atoms with E-state index in [0.717, 1.165) is 0 Å². The number of hydrogen-bond acceptors (Lipinski definition) is 1. The fraction of sp³-hybridized carbons (Fsp3) is 1.00. The number of rotatable bonds is 28. The van der Waals surface area contributed by atoms with Crippen LogP contribution < -0.4 is 0 Å². The summed E-state index contributed by atoms with van der Waals surface area (Å²) >= 11 is 2.36. The molecule has 0 aromatic carbocycles. The van der Waals surface area contributed by atoms with Gasteiger partial charge in [0.2, 0.25) is 0 Å². The standard InChI is InChI=1S/C24H50S.2C4H9.Sn/c1-3-5-7-9-11-13-15-17-19-21-23-25-24-22-20-18-16-14-12-10-8-6-4-2;2*1-3-4-2;/h3-24H2,1-2H3;2*1,3-4H2,2H3;. The van der Waals surface area contributed by atoms with Crippen molar-refractivity contribution in [2.24, 2.45) is 0 Å². The molecule has 2 heteroatoms. The van der Waals surface area contributed by atoms with Crippen LogP contribution in [0, 0.1) is 0 Å². The summed E-state index contributed by atoms with van der Waals surface area (Å²) in [5, 5.41) is 0. The molecule has 0 rings (SSSR count). The molecule has 0 amide bonds. The third-order valence-corrected chi connectivity index (χ3v) is 11.9. The Hall–Kier alpha value is 1.15. The van der Waals surface area contributed by atoms with E-state index in [1.54, 1.807) is 8.87 Å². The molecule has 0 heterocycles. The molecule has 0 saturated heterocycles. The van der Waals surface area contributed by atoms with Gasteiger partial charge in [-0.15, -0.1) is 0 Å². The molecule has 0 atom stereocenters. The average Bonchev–Trinajstić information content (AvgIpc) is 2.85. The molecule has 0 saturated carbocycles. The van der Waals surface area contributed by atoms with Crippen LogP contribution in [-0.2, 0) is 0 Å². The van der Waals surface area contributed by atoms with Gasteiger partial charge in [0.25, 0.3) is 0 Å². The first kappa shape index (κ1) is 37.3. The summed E-state index contributed by atoms with van der Waals surface area (Å²) in [6.07, 6.45) is 35.0. The molecule has 34 heavy (non-hydrogen) atoms. The van der Waals surface area contributed by atoms with Crippen LogP contribution in [0.15, 0.2) is 0 Å². The van der Waals surface area contributed by atoms with Gasteiger partial charge in [0, 0.05) is 0 Å². The molecule has 0 bridgehead atoms. The van der Waals surface area contributed by atoms with Gasteiger partial charge in [-0.05, 0) is 24.3 Å². The van der Waals surface area contributed by atoms with E-state index in [4.69, 9.17) is 0 Å². The second kappa shape index (κ2) is 38.7. The van der Waals surface area contributed by atoms with Crippen LogP contribution >= 0.6 is 11.8 Å². The van der Waals surface area contributed by atoms with Crippen molar-refractivity contribution < 1.29 is 0 Å². The predicted octanol–water partition coefficient (Wildman–Crippen LogP) is 12.7. The van der Waals surface area contributed by atoms with E-state index in [1.807, 2.05) is 0 Å². The first-order valence-corrected chi connectivity index (χ1v) is 21.3.